The zero-order chi connectivity index (χ0) is 8.27. The maximum absolute atomic E-state index is 11.8. The summed E-state index contributed by atoms with van der Waals surface area (Å²) in [7, 11) is 0. The molecule has 11 heavy (non-hydrogen) atoms. The molecule has 0 aromatic heterocycles. The van der Waals surface area contributed by atoms with Crippen LogP contribution in [0.3, 0.4) is 0 Å². The molecular formula is C7H5FNO2-. The van der Waals surface area contributed by atoms with Crippen molar-refractivity contribution >= 4 is 5.69 Å². The van der Waals surface area contributed by atoms with Crippen LogP contribution in [0, 0.1) is 16.8 Å². The number of hydrogen-bond acceptors (Lipinski definition) is 2. The Balaban J connectivity index is 3.01. The first-order valence-corrected chi connectivity index (χ1v) is 2.92. The van der Waals surface area contributed by atoms with Crippen LogP contribution in [0.4, 0.5) is 10.1 Å². The highest BCUT2D eigenvalue weighted by Crippen LogP contribution is 2.14. The minimum atomic E-state index is -0.562. The van der Waals surface area contributed by atoms with E-state index < -0.39 is 4.92 Å². The van der Waals surface area contributed by atoms with Crippen molar-refractivity contribution in [2.45, 2.75) is 0 Å². The van der Waals surface area contributed by atoms with Gasteiger partial charge in [0.2, 0.25) is 5.69 Å². The predicted molar refractivity (Wildman–Crippen MR) is 37.6 cm³/mol. The quantitative estimate of drug-likeness (QED) is 0.371. The summed E-state index contributed by atoms with van der Waals surface area (Å²) in [6.45, 7) is 0.326. The molecule has 0 bridgehead atoms. The van der Waals surface area contributed by atoms with E-state index in [4.69, 9.17) is 0 Å². The lowest BCUT2D eigenvalue weighted by Gasteiger charge is -2.01. The van der Waals surface area contributed by atoms with Gasteiger partial charge in [-0.3, -0.25) is 14.5 Å². The first-order valence-electron chi connectivity index (χ1n) is 2.92. The van der Waals surface area contributed by atoms with Crippen LogP contribution in [0.1, 0.15) is 5.56 Å². The van der Waals surface area contributed by atoms with Crippen LogP contribution in [-0.2, 0) is 0 Å². The normalized spacial score (nSPS) is 9.18. The maximum atomic E-state index is 11.8. The third-order valence-electron chi connectivity index (χ3n) is 1.21. The Morgan fingerprint density at radius 3 is 2.82 bits per heavy atom. The van der Waals surface area contributed by atoms with E-state index in [9.17, 15) is 14.5 Å². The number of hydrogen-bond donors (Lipinski definition) is 0. The van der Waals surface area contributed by atoms with E-state index in [1.165, 1.54) is 24.3 Å². The molecular weight excluding hydrogens is 149 g/mol. The first kappa shape index (κ1) is 7.53. The van der Waals surface area contributed by atoms with Gasteiger partial charge in [-0.15, -0.1) is 6.07 Å². The van der Waals surface area contributed by atoms with Crippen LogP contribution < -0.4 is 0 Å². The van der Waals surface area contributed by atoms with Crippen LogP contribution in [-0.4, -0.2) is 4.92 Å². The summed E-state index contributed by atoms with van der Waals surface area (Å²) >= 11 is 0. The van der Waals surface area contributed by atoms with Crippen LogP contribution in [0.25, 0.3) is 0 Å². The second-order valence-electron chi connectivity index (χ2n) is 1.96. The van der Waals surface area contributed by atoms with Gasteiger partial charge in [-0.05, 0) is 12.7 Å². The molecule has 0 fully saturated rings. The van der Waals surface area contributed by atoms with E-state index in [2.05, 4.69) is 0 Å². The van der Waals surface area contributed by atoms with Crippen molar-refractivity contribution < 1.29 is 9.31 Å². The third-order valence-corrected chi connectivity index (χ3v) is 1.21. The van der Waals surface area contributed by atoms with Crippen molar-refractivity contribution in [2.24, 2.45) is 0 Å². The van der Waals surface area contributed by atoms with Crippen molar-refractivity contribution in [1.82, 2.24) is 0 Å². The number of rotatable bonds is 2. The lowest BCUT2D eigenvalue weighted by molar-refractivity contribution is -0.384. The molecule has 1 aromatic rings. The van der Waals surface area contributed by atoms with Gasteiger partial charge in [-0.1, -0.05) is 6.07 Å². The molecule has 0 radical (unpaired) electrons. The van der Waals surface area contributed by atoms with E-state index in [-0.39, 0.29) is 11.3 Å². The van der Waals surface area contributed by atoms with E-state index in [1.54, 1.807) is 0 Å². The fraction of sp³-hybridized carbons (Fsp3) is 0. The van der Waals surface area contributed by atoms with Gasteiger partial charge in [-0.25, -0.2) is 0 Å². The molecule has 0 saturated carbocycles. The lowest BCUT2D eigenvalue weighted by Crippen LogP contribution is -1.87. The van der Waals surface area contributed by atoms with Gasteiger partial charge in [-0.2, -0.15) is 11.6 Å². The fourth-order valence-corrected chi connectivity index (χ4v) is 0.706. The highest BCUT2D eigenvalue weighted by Gasteiger charge is 1.97. The smallest absolute Gasteiger partial charge is 0.216 e. The van der Waals surface area contributed by atoms with Crippen molar-refractivity contribution in [3.63, 3.8) is 0 Å². The van der Waals surface area contributed by atoms with Gasteiger partial charge in [0, 0.05) is 4.92 Å². The number of benzene rings is 1. The number of nitro groups is 1. The molecule has 1 rings (SSSR count). The molecule has 3 nitrogen and oxygen atoms in total. The van der Waals surface area contributed by atoms with Gasteiger partial charge in [0.1, 0.15) is 0 Å². The second-order valence-corrected chi connectivity index (χ2v) is 1.96. The summed E-state index contributed by atoms with van der Waals surface area (Å²) in [5.41, 5.74) is 0.107. The van der Waals surface area contributed by atoms with E-state index in [1.807, 2.05) is 0 Å². The molecule has 1 aromatic carbocycles. The van der Waals surface area contributed by atoms with Gasteiger partial charge in [0.05, 0.1) is 0 Å². The zero-order valence-electron chi connectivity index (χ0n) is 5.53. The Bertz CT molecular complexity index is 275. The molecule has 0 amide bonds. The summed E-state index contributed by atoms with van der Waals surface area (Å²) in [6.07, 6.45) is 0. The van der Waals surface area contributed by atoms with Gasteiger partial charge in [0.15, 0.2) is 0 Å². The second kappa shape index (κ2) is 3.01. The van der Waals surface area contributed by atoms with Gasteiger partial charge in [0.25, 0.3) is 0 Å². The maximum Gasteiger partial charge on any atom is 0.216 e. The minimum absolute atomic E-state index is 0.101. The number of halogens is 1. The monoisotopic (exact) mass is 154 g/mol. The van der Waals surface area contributed by atoms with Crippen molar-refractivity contribution in [2.75, 3.05) is 0 Å². The van der Waals surface area contributed by atoms with Crippen molar-refractivity contribution in [3.05, 3.63) is 46.6 Å². The highest BCUT2D eigenvalue weighted by atomic mass is 19.1. The van der Waals surface area contributed by atoms with E-state index in [0.29, 0.717) is 6.67 Å². The summed E-state index contributed by atoms with van der Waals surface area (Å²) < 4.78 is 11.8. The van der Waals surface area contributed by atoms with Crippen molar-refractivity contribution in [3.8, 4) is 0 Å². The third kappa shape index (κ3) is 1.67. The molecule has 0 aliphatic rings. The minimum Gasteiger partial charge on any atom is -0.292 e. The predicted octanol–water partition coefficient (Wildman–Crippen LogP) is 2.07. The zero-order valence-corrected chi connectivity index (χ0v) is 5.53. The number of nitro benzene ring substituents is 1. The van der Waals surface area contributed by atoms with Gasteiger partial charge >= 0.3 is 0 Å². The molecule has 0 unspecified atom stereocenters. The average molecular weight is 154 g/mol. The molecule has 0 aliphatic carbocycles. The van der Waals surface area contributed by atoms with Crippen molar-refractivity contribution in [1.29, 1.82) is 0 Å². The summed E-state index contributed by atoms with van der Waals surface area (Å²) in [5, 5.41) is 10.1. The Morgan fingerprint density at radius 1 is 1.55 bits per heavy atom. The summed E-state index contributed by atoms with van der Waals surface area (Å²) in [4.78, 5) is 9.58. The Morgan fingerprint density at radius 2 is 2.27 bits per heavy atom. The van der Waals surface area contributed by atoms with Crippen LogP contribution in [0.2, 0.25) is 0 Å². The molecule has 0 saturated heterocycles. The topological polar surface area (TPSA) is 43.1 Å². The summed E-state index contributed by atoms with van der Waals surface area (Å²) in [5.74, 6) is 0. The molecule has 4 heteroatoms. The lowest BCUT2D eigenvalue weighted by atomic mass is 10.2. The average Bonchev–Trinajstić information content (AvgIpc) is 2.05. The number of nitrogens with zero attached hydrogens (tertiary/aromatic N) is 1. The fourth-order valence-electron chi connectivity index (χ4n) is 0.706. The number of non-ortho nitro benzene ring substituents is 1. The van der Waals surface area contributed by atoms with E-state index in [0.717, 1.165) is 0 Å². The Labute approximate surface area is 62.6 Å². The SMILES string of the molecule is O=[N+]([O-])c1cccc([CH-]F)c1. The largest absolute Gasteiger partial charge is 0.292 e. The molecule has 58 valence electrons. The first-order chi connectivity index (χ1) is 5.24. The van der Waals surface area contributed by atoms with Crippen LogP contribution >= 0.6 is 0 Å². The molecule has 0 atom stereocenters. The van der Waals surface area contributed by atoms with Gasteiger partial charge < -0.3 is 0 Å². The summed E-state index contributed by atoms with van der Waals surface area (Å²) in [6, 6.07) is 5.36. The molecule has 0 N–H and O–H groups in total. The molecule has 0 aliphatic heterocycles. The van der Waals surface area contributed by atoms with Crippen LogP contribution in [0.5, 0.6) is 0 Å². The molecule has 0 heterocycles. The Hall–Kier alpha value is -1.58. The van der Waals surface area contributed by atoms with E-state index >= 15 is 0 Å². The molecule has 0 spiro atoms. The van der Waals surface area contributed by atoms with Crippen LogP contribution in [0.15, 0.2) is 24.3 Å². The standard InChI is InChI=1S/C7H5FNO2/c8-5-6-2-1-3-7(4-6)9(10)11/h1-5H/q-1. The Kier molecular flexibility index (Phi) is 2.06. The highest BCUT2D eigenvalue weighted by molar-refractivity contribution is 5.36.